The van der Waals surface area contributed by atoms with Crippen LogP contribution in [-0.2, 0) is 16.0 Å². The molecule has 0 atom stereocenters. The molecule has 9 heteroatoms. The number of carbonyl (C=O) groups is 1. The lowest BCUT2D eigenvalue weighted by molar-refractivity contribution is -0.387. The Labute approximate surface area is 98.5 Å². The van der Waals surface area contributed by atoms with Gasteiger partial charge in [0, 0.05) is 11.8 Å². The van der Waals surface area contributed by atoms with Crippen molar-refractivity contribution in [1.29, 1.82) is 0 Å². The summed E-state index contributed by atoms with van der Waals surface area (Å²) in [7, 11) is 1.07. The van der Waals surface area contributed by atoms with Crippen molar-refractivity contribution in [2.24, 2.45) is 0 Å². The summed E-state index contributed by atoms with van der Waals surface area (Å²) in [4.78, 5) is 33.9. The maximum atomic E-state index is 12.5. The van der Waals surface area contributed by atoms with E-state index in [0.29, 0.717) is 0 Å². The summed E-state index contributed by atoms with van der Waals surface area (Å²) < 4.78 is 29.2. The van der Waals surface area contributed by atoms with Crippen molar-refractivity contribution in [1.82, 2.24) is 4.98 Å². The molecule has 0 unspecified atom stereocenters. The summed E-state index contributed by atoms with van der Waals surface area (Å²) in [5.74, 6) is -0.806. The van der Waals surface area contributed by atoms with Gasteiger partial charge in [-0.3, -0.25) is 19.7 Å². The van der Waals surface area contributed by atoms with Crippen molar-refractivity contribution >= 4 is 11.7 Å². The summed E-state index contributed by atoms with van der Waals surface area (Å²) in [5.41, 5.74) is -3.87. The Balaban J connectivity index is 3.35. The number of aromatic amines is 1. The van der Waals surface area contributed by atoms with Gasteiger partial charge in [0.15, 0.2) is 5.69 Å². The van der Waals surface area contributed by atoms with Crippen LogP contribution >= 0.6 is 0 Å². The zero-order chi connectivity index (χ0) is 13.9. The summed E-state index contributed by atoms with van der Waals surface area (Å²) in [6.07, 6.45) is -2.88. The highest BCUT2D eigenvalue weighted by Crippen LogP contribution is 2.23. The lowest BCUT2D eigenvalue weighted by Gasteiger charge is -2.04. The molecule has 0 radical (unpaired) electrons. The van der Waals surface area contributed by atoms with Crippen LogP contribution in [0.2, 0.25) is 0 Å². The number of carbonyl (C=O) groups excluding carboxylic acids is 1. The molecule has 1 rings (SSSR count). The minimum Gasteiger partial charge on any atom is -0.469 e. The largest absolute Gasteiger partial charge is 0.469 e. The smallest absolute Gasteiger partial charge is 0.341 e. The molecule has 98 valence electrons. The van der Waals surface area contributed by atoms with Gasteiger partial charge in [-0.05, 0) is 0 Å². The summed E-state index contributed by atoms with van der Waals surface area (Å²) in [6.45, 7) is 0. The first-order chi connectivity index (χ1) is 8.38. The zero-order valence-corrected chi connectivity index (χ0v) is 9.11. The summed E-state index contributed by atoms with van der Waals surface area (Å²) in [5, 5.41) is 10.6. The second kappa shape index (κ2) is 5.34. The molecule has 18 heavy (non-hydrogen) atoms. The minimum absolute atomic E-state index is 0.307. The number of esters is 1. The van der Waals surface area contributed by atoms with Crippen LogP contribution in [0.15, 0.2) is 11.0 Å². The Bertz CT molecular complexity index is 540. The van der Waals surface area contributed by atoms with E-state index in [1.54, 1.807) is 0 Å². The maximum Gasteiger partial charge on any atom is 0.341 e. The Morgan fingerprint density at radius 2 is 2.22 bits per heavy atom. The van der Waals surface area contributed by atoms with Gasteiger partial charge in [-0.1, -0.05) is 0 Å². The average molecular weight is 262 g/mol. The molecule has 0 aliphatic heterocycles. The lowest BCUT2D eigenvalue weighted by Crippen LogP contribution is -2.20. The highest BCUT2D eigenvalue weighted by atomic mass is 19.3. The molecule has 0 aliphatic rings. The average Bonchev–Trinajstić information content (AvgIpc) is 2.30. The van der Waals surface area contributed by atoms with E-state index >= 15 is 0 Å². The number of methoxy groups -OCH3 is 1. The van der Waals surface area contributed by atoms with E-state index in [0.717, 1.165) is 13.3 Å². The Hall–Kier alpha value is -2.32. The second-order valence-corrected chi connectivity index (χ2v) is 3.22. The molecule has 0 aromatic carbocycles. The van der Waals surface area contributed by atoms with E-state index in [1.807, 2.05) is 4.98 Å². The number of halogens is 2. The van der Waals surface area contributed by atoms with Crippen LogP contribution in [0.25, 0.3) is 0 Å². The van der Waals surface area contributed by atoms with Gasteiger partial charge in [-0.15, -0.1) is 0 Å². The summed E-state index contributed by atoms with van der Waals surface area (Å²) in [6, 6.07) is 0. The van der Waals surface area contributed by atoms with Crippen molar-refractivity contribution in [3.63, 3.8) is 0 Å². The zero-order valence-electron chi connectivity index (χ0n) is 9.11. The Morgan fingerprint density at radius 1 is 1.61 bits per heavy atom. The number of nitrogens with zero attached hydrogens (tertiary/aromatic N) is 1. The van der Waals surface area contributed by atoms with E-state index in [1.165, 1.54) is 0 Å². The number of pyridine rings is 1. The van der Waals surface area contributed by atoms with Crippen molar-refractivity contribution in [2.45, 2.75) is 12.8 Å². The molecule has 0 fully saturated rings. The second-order valence-electron chi connectivity index (χ2n) is 3.22. The van der Waals surface area contributed by atoms with Gasteiger partial charge in [0.2, 0.25) is 0 Å². The first kappa shape index (κ1) is 13.7. The number of hydrogen-bond acceptors (Lipinski definition) is 5. The van der Waals surface area contributed by atoms with Crippen molar-refractivity contribution in [3.8, 4) is 0 Å². The number of nitrogens with one attached hydrogen (secondary N) is 1. The quantitative estimate of drug-likeness (QED) is 0.494. The van der Waals surface area contributed by atoms with Gasteiger partial charge in [0.05, 0.1) is 18.5 Å². The lowest BCUT2D eigenvalue weighted by atomic mass is 10.1. The van der Waals surface area contributed by atoms with Crippen LogP contribution in [-0.4, -0.2) is 23.0 Å². The van der Waals surface area contributed by atoms with E-state index in [9.17, 15) is 28.5 Å². The van der Waals surface area contributed by atoms with Crippen LogP contribution in [0.4, 0.5) is 14.5 Å². The van der Waals surface area contributed by atoms with Gasteiger partial charge in [0.1, 0.15) is 0 Å². The number of aromatic nitrogens is 1. The molecule has 1 aromatic rings. The first-order valence-electron chi connectivity index (χ1n) is 4.62. The monoisotopic (exact) mass is 262 g/mol. The van der Waals surface area contributed by atoms with Crippen molar-refractivity contribution < 1.29 is 23.2 Å². The van der Waals surface area contributed by atoms with Gasteiger partial charge >= 0.3 is 11.7 Å². The third-order valence-corrected chi connectivity index (χ3v) is 2.13. The Kier molecular flexibility index (Phi) is 4.08. The number of rotatable bonds is 4. The van der Waals surface area contributed by atoms with Crippen LogP contribution in [0.5, 0.6) is 0 Å². The normalized spacial score (nSPS) is 10.4. The molecule has 0 bridgehead atoms. The number of nitro groups is 1. The van der Waals surface area contributed by atoms with Crippen molar-refractivity contribution in [3.05, 3.63) is 37.8 Å². The molecule has 7 nitrogen and oxygen atoms in total. The molecule has 1 heterocycles. The van der Waals surface area contributed by atoms with Crippen LogP contribution in [0.1, 0.15) is 17.7 Å². The van der Waals surface area contributed by atoms with Gasteiger partial charge in [0.25, 0.3) is 11.9 Å². The number of hydrogen-bond donors (Lipinski definition) is 1. The SMILES string of the molecule is COC(=O)Cc1c[nH]c(C(F)F)c([N+](=O)[O-])c1=O. The molecule has 1 aromatic heterocycles. The molecule has 0 spiro atoms. The fourth-order valence-corrected chi connectivity index (χ4v) is 1.28. The highest BCUT2D eigenvalue weighted by molar-refractivity contribution is 5.72. The van der Waals surface area contributed by atoms with Crippen LogP contribution in [0.3, 0.4) is 0 Å². The molecule has 1 N–H and O–H groups in total. The predicted molar refractivity (Wildman–Crippen MR) is 54.4 cm³/mol. The van der Waals surface area contributed by atoms with E-state index in [2.05, 4.69) is 4.74 Å². The van der Waals surface area contributed by atoms with E-state index < -0.39 is 40.5 Å². The minimum atomic E-state index is -3.19. The van der Waals surface area contributed by atoms with Crippen LogP contribution in [0, 0.1) is 10.1 Å². The predicted octanol–water partition coefficient (Wildman–Crippen LogP) is 0.936. The fourth-order valence-electron chi connectivity index (χ4n) is 1.28. The highest BCUT2D eigenvalue weighted by Gasteiger charge is 2.28. The van der Waals surface area contributed by atoms with Gasteiger partial charge in [-0.2, -0.15) is 0 Å². The maximum absolute atomic E-state index is 12.5. The van der Waals surface area contributed by atoms with E-state index in [-0.39, 0.29) is 5.56 Å². The molecule has 0 aliphatic carbocycles. The molecular formula is C9H8F2N2O5. The Morgan fingerprint density at radius 3 is 2.67 bits per heavy atom. The van der Waals surface area contributed by atoms with Gasteiger partial charge in [-0.25, -0.2) is 8.78 Å². The topological polar surface area (TPSA) is 102 Å². The third-order valence-electron chi connectivity index (χ3n) is 2.13. The molecule has 0 saturated carbocycles. The van der Waals surface area contributed by atoms with E-state index in [4.69, 9.17) is 0 Å². The molecular weight excluding hydrogens is 254 g/mol. The van der Waals surface area contributed by atoms with Crippen molar-refractivity contribution in [2.75, 3.05) is 7.11 Å². The fraction of sp³-hybridized carbons (Fsp3) is 0.333. The van der Waals surface area contributed by atoms with Gasteiger partial charge < -0.3 is 9.72 Å². The standard InChI is InChI=1S/C9H8F2N2O5/c1-18-5(14)2-4-3-12-6(9(10)11)7(8(4)15)13(16)17/h3,9H,2H2,1H3,(H,12,15). The first-order valence-corrected chi connectivity index (χ1v) is 4.62. The number of alkyl halides is 2. The number of ether oxygens (including phenoxy) is 1. The van der Waals surface area contributed by atoms with Crippen LogP contribution < -0.4 is 5.43 Å². The molecule has 0 saturated heterocycles. The summed E-state index contributed by atoms with van der Waals surface area (Å²) >= 11 is 0. The third kappa shape index (κ3) is 2.67. The number of H-pyrrole nitrogens is 1. The molecule has 0 amide bonds.